The molecule has 61 heavy (non-hydrogen) atoms. The molecule has 2 fully saturated rings. The maximum atomic E-state index is 14.8. The van der Waals surface area contributed by atoms with Gasteiger partial charge in [-0.05, 0) is 86.3 Å². The van der Waals surface area contributed by atoms with Crippen LogP contribution in [-0.2, 0) is 27.9 Å². The van der Waals surface area contributed by atoms with Crippen LogP contribution in [0.5, 0.6) is 11.5 Å². The van der Waals surface area contributed by atoms with Crippen molar-refractivity contribution in [2.45, 2.75) is 129 Å². The SMILES string of the molecule is C=CCCCCC[C@H](NC(=O)OC(C)(C)C)C(=O)N1C[C@H](Oc2cc(-c3csc(NC(C)C)n3)nc3cc(OC)ccc23)C[C@H]1C(=O)NC1(P(=O)(OCC)OCC)CC1C=C. The largest absolute Gasteiger partial charge is 0.497 e. The van der Waals surface area contributed by atoms with Crippen LogP contribution in [0.15, 0.2) is 55.0 Å². The number of ether oxygens (including phenoxy) is 3. The number of aromatic nitrogens is 2. The molecule has 1 aliphatic heterocycles. The van der Waals surface area contributed by atoms with Gasteiger partial charge in [-0.1, -0.05) is 25.0 Å². The molecule has 3 aromatic rings. The first-order valence-electron chi connectivity index (χ1n) is 21.1. The van der Waals surface area contributed by atoms with E-state index in [9.17, 15) is 18.9 Å². The Kier molecular flexibility index (Phi) is 16.0. The number of pyridine rings is 1. The molecule has 1 saturated carbocycles. The first-order chi connectivity index (χ1) is 29.0. The van der Waals surface area contributed by atoms with Gasteiger partial charge in [0.05, 0.1) is 38.1 Å². The van der Waals surface area contributed by atoms with Gasteiger partial charge in [-0.3, -0.25) is 14.2 Å². The van der Waals surface area contributed by atoms with Gasteiger partial charge in [0.15, 0.2) is 5.13 Å². The number of thiazole rings is 1. The molecule has 2 aliphatic rings. The number of nitrogens with one attached hydrogen (secondary N) is 3. The third-order valence-electron chi connectivity index (χ3n) is 10.4. The van der Waals surface area contributed by atoms with Gasteiger partial charge < -0.3 is 44.1 Å². The number of amides is 3. The quantitative estimate of drug-likeness (QED) is 0.0497. The molecule has 3 heterocycles. The summed E-state index contributed by atoms with van der Waals surface area (Å²) >= 11 is 1.47. The number of carbonyl (C=O) groups is 3. The lowest BCUT2D eigenvalue weighted by atomic mass is 10.1. The van der Waals surface area contributed by atoms with E-state index in [-0.39, 0.29) is 38.6 Å². The average Bonchev–Trinajstić information content (AvgIpc) is 3.47. The van der Waals surface area contributed by atoms with Crippen molar-refractivity contribution in [2.24, 2.45) is 5.92 Å². The number of likely N-dealkylation sites (tertiary alicyclic amines) is 1. The van der Waals surface area contributed by atoms with Crippen LogP contribution < -0.4 is 25.4 Å². The second kappa shape index (κ2) is 20.6. The van der Waals surface area contributed by atoms with E-state index in [4.69, 9.17) is 33.2 Å². The second-order valence-corrected chi connectivity index (χ2v) is 19.8. The fourth-order valence-corrected chi connectivity index (χ4v) is 10.7. The van der Waals surface area contributed by atoms with Gasteiger partial charge in [0.1, 0.15) is 46.3 Å². The van der Waals surface area contributed by atoms with Crippen LogP contribution in [0, 0.1) is 5.92 Å². The highest BCUT2D eigenvalue weighted by Gasteiger charge is 2.68. The summed E-state index contributed by atoms with van der Waals surface area (Å²) in [5.41, 5.74) is 1.00. The topological polar surface area (TPSA) is 180 Å². The van der Waals surface area contributed by atoms with E-state index in [0.717, 1.165) is 24.4 Å². The van der Waals surface area contributed by atoms with E-state index in [2.05, 4.69) is 29.1 Å². The summed E-state index contributed by atoms with van der Waals surface area (Å²) in [4.78, 5) is 53.9. The summed E-state index contributed by atoms with van der Waals surface area (Å²) in [6, 6.07) is 5.38. The lowest BCUT2D eigenvalue weighted by Crippen LogP contribution is -2.55. The predicted molar refractivity (Wildman–Crippen MR) is 239 cm³/mol. The normalized spacial score (nSPS) is 20.5. The van der Waals surface area contributed by atoms with E-state index in [1.54, 1.807) is 47.8 Å². The molecule has 334 valence electrons. The Morgan fingerprint density at radius 1 is 1.07 bits per heavy atom. The number of benzene rings is 1. The smallest absolute Gasteiger partial charge is 0.408 e. The highest BCUT2D eigenvalue weighted by Crippen LogP contribution is 2.72. The van der Waals surface area contributed by atoms with Gasteiger partial charge in [-0.2, -0.15) is 0 Å². The first-order valence-corrected chi connectivity index (χ1v) is 23.5. The Balaban J connectivity index is 1.53. The molecule has 3 amide bonds. The van der Waals surface area contributed by atoms with Crippen molar-refractivity contribution in [1.29, 1.82) is 0 Å². The zero-order chi connectivity index (χ0) is 44.5. The third kappa shape index (κ3) is 11.7. The van der Waals surface area contributed by atoms with E-state index in [0.29, 0.717) is 46.6 Å². The van der Waals surface area contributed by atoms with Crippen LogP contribution in [0.4, 0.5) is 9.93 Å². The molecular weight excluding hydrogens is 820 g/mol. The van der Waals surface area contributed by atoms with Gasteiger partial charge in [0, 0.05) is 41.3 Å². The van der Waals surface area contributed by atoms with E-state index < -0.39 is 60.5 Å². The van der Waals surface area contributed by atoms with Crippen LogP contribution >= 0.6 is 18.9 Å². The fraction of sp³-hybridized carbons (Fsp3) is 0.568. The Labute approximate surface area is 363 Å². The number of fused-ring (bicyclic) bond motifs is 1. The number of methoxy groups -OCH3 is 1. The molecule has 1 saturated heterocycles. The highest BCUT2D eigenvalue weighted by molar-refractivity contribution is 7.56. The highest BCUT2D eigenvalue weighted by atomic mass is 32.1. The van der Waals surface area contributed by atoms with E-state index in [1.165, 1.54) is 16.2 Å². The minimum Gasteiger partial charge on any atom is -0.497 e. The van der Waals surface area contributed by atoms with Crippen molar-refractivity contribution in [3.05, 3.63) is 55.0 Å². The van der Waals surface area contributed by atoms with E-state index in [1.807, 2.05) is 49.6 Å². The number of anilines is 1. The Morgan fingerprint density at radius 2 is 1.80 bits per heavy atom. The number of unbranched alkanes of at least 4 members (excludes halogenated alkanes) is 3. The molecule has 0 bridgehead atoms. The van der Waals surface area contributed by atoms with Crippen molar-refractivity contribution < 1.29 is 42.2 Å². The molecule has 3 N–H and O–H groups in total. The van der Waals surface area contributed by atoms with Gasteiger partial charge in [0.25, 0.3) is 0 Å². The standard InChI is InChI=1S/C44H63N6O9PS/c1-11-15-16-17-18-19-33(48-42(53)59-43(7,8)9)40(52)50-26-31(23-37(50)39(51)49-44(25-29(44)12-2)60(54,56-13-3)57-14-4)58-38-24-35(36-27-61-41(47-36)45-28(5)6)46-34-22-30(55-10)20-21-32(34)38/h11-12,20-22,24,27-29,31,33,37H,1-2,13-19,23,25-26H2,3-10H3,(H,45,47)(H,48,53)(H,49,51)/t29?,31-,33+,37+,44?/m1/s1. The fourth-order valence-electron chi connectivity index (χ4n) is 7.50. The predicted octanol–water partition coefficient (Wildman–Crippen LogP) is 8.85. The number of rotatable bonds is 22. The first kappa shape index (κ1) is 47.5. The van der Waals surface area contributed by atoms with Crippen molar-refractivity contribution in [2.75, 3.05) is 32.2 Å². The van der Waals surface area contributed by atoms with Gasteiger partial charge in [-0.15, -0.1) is 24.5 Å². The molecule has 5 rings (SSSR count). The molecule has 0 radical (unpaired) electrons. The Bertz CT molecular complexity index is 2080. The Hall–Kier alpha value is -4.50. The maximum Gasteiger partial charge on any atom is 0.408 e. The lowest BCUT2D eigenvalue weighted by Gasteiger charge is -2.32. The number of alkyl carbamates (subject to hydrolysis) is 1. The zero-order valence-electron chi connectivity index (χ0n) is 36.8. The molecule has 5 atom stereocenters. The summed E-state index contributed by atoms with van der Waals surface area (Å²) in [7, 11) is -2.31. The van der Waals surface area contributed by atoms with Crippen LogP contribution in [-0.4, -0.2) is 94.8 Å². The number of allylic oxidation sites excluding steroid dienone is 1. The zero-order valence-corrected chi connectivity index (χ0v) is 38.5. The molecule has 2 aromatic heterocycles. The molecule has 17 heteroatoms. The Morgan fingerprint density at radius 3 is 2.43 bits per heavy atom. The second-order valence-electron chi connectivity index (χ2n) is 16.6. The molecule has 1 aliphatic carbocycles. The third-order valence-corrected chi connectivity index (χ3v) is 14.0. The molecular formula is C44H63N6O9PS. The number of hydrogen-bond donors (Lipinski definition) is 3. The number of carbonyl (C=O) groups excluding carboxylic acids is 3. The van der Waals surface area contributed by atoms with Gasteiger partial charge in [0.2, 0.25) is 11.8 Å². The maximum absolute atomic E-state index is 14.8. The molecule has 0 spiro atoms. The lowest BCUT2D eigenvalue weighted by molar-refractivity contribution is -0.140. The van der Waals surface area contributed by atoms with Crippen molar-refractivity contribution in [3.8, 4) is 22.9 Å². The summed E-state index contributed by atoms with van der Waals surface area (Å²) < 4.78 is 43.8. The average molecular weight is 883 g/mol. The van der Waals surface area contributed by atoms with Crippen LogP contribution in [0.2, 0.25) is 0 Å². The summed E-state index contributed by atoms with van der Waals surface area (Å²) in [5.74, 6) is -0.338. The summed E-state index contributed by atoms with van der Waals surface area (Å²) in [6.45, 7) is 20.6. The molecule has 2 unspecified atom stereocenters. The summed E-state index contributed by atoms with van der Waals surface area (Å²) in [6.07, 6.45) is 5.82. The van der Waals surface area contributed by atoms with Crippen LogP contribution in [0.25, 0.3) is 22.3 Å². The van der Waals surface area contributed by atoms with Gasteiger partial charge >= 0.3 is 13.7 Å². The van der Waals surface area contributed by atoms with Crippen molar-refractivity contribution in [3.63, 3.8) is 0 Å². The van der Waals surface area contributed by atoms with E-state index >= 15 is 0 Å². The van der Waals surface area contributed by atoms with Crippen molar-refractivity contribution in [1.82, 2.24) is 25.5 Å². The minimum atomic E-state index is -3.89. The van der Waals surface area contributed by atoms with Gasteiger partial charge in [-0.25, -0.2) is 14.8 Å². The number of hydrogen-bond acceptors (Lipinski definition) is 13. The van der Waals surface area contributed by atoms with Crippen LogP contribution in [0.1, 0.15) is 93.4 Å². The monoisotopic (exact) mass is 882 g/mol. The molecule has 15 nitrogen and oxygen atoms in total. The minimum absolute atomic E-state index is 0.000806. The summed E-state index contributed by atoms with van der Waals surface area (Å²) in [5, 5.41) is 11.2. The number of nitrogens with zero attached hydrogens (tertiary/aromatic N) is 3. The van der Waals surface area contributed by atoms with Crippen LogP contribution in [0.3, 0.4) is 0 Å². The van der Waals surface area contributed by atoms with Crippen molar-refractivity contribution >= 4 is 52.9 Å². The molecule has 1 aromatic carbocycles.